The van der Waals surface area contributed by atoms with Gasteiger partial charge in [0.1, 0.15) is 23.2 Å². The number of aryl methyl sites for hydroxylation is 2. The molecule has 204 valence electrons. The number of rotatable bonds is 8. The number of aromatic nitrogens is 4. The Labute approximate surface area is 230 Å². The molecule has 5 rings (SSSR count). The summed E-state index contributed by atoms with van der Waals surface area (Å²) in [5, 5.41) is 9.67. The van der Waals surface area contributed by atoms with Gasteiger partial charge in [0.2, 0.25) is 0 Å². The van der Waals surface area contributed by atoms with E-state index in [9.17, 15) is 9.18 Å². The Morgan fingerprint density at radius 3 is 2.79 bits per heavy atom. The second kappa shape index (κ2) is 11.5. The molecule has 0 radical (unpaired) electrons. The molecule has 1 fully saturated rings. The average Bonchev–Trinajstić information content (AvgIpc) is 3.66. The van der Waals surface area contributed by atoms with E-state index in [1.807, 2.05) is 19.9 Å². The Morgan fingerprint density at radius 1 is 1.23 bits per heavy atom. The summed E-state index contributed by atoms with van der Waals surface area (Å²) in [5.74, 6) is 2.04. The third-order valence-corrected chi connectivity index (χ3v) is 7.68. The zero-order valence-electron chi connectivity index (χ0n) is 22.4. The second-order valence-electron chi connectivity index (χ2n) is 9.72. The first-order valence-electron chi connectivity index (χ1n) is 12.8. The average molecular weight is 551 g/mol. The predicted molar refractivity (Wildman–Crippen MR) is 150 cm³/mol. The molecule has 1 saturated heterocycles. The monoisotopic (exact) mass is 550 g/mol. The summed E-state index contributed by atoms with van der Waals surface area (Å²) < 4.78 is 19.9. The van der Waals surface area contributed by atoms with Crippen LogP contribution in [-0.2, 0) is 12.8 Å². The zero-order chi connectivity index (χ0) is 27.5. The molecule has 1 aliphatic rings. The lowest BCUT2D eigenvalue weighted by atomic mass is 10.2. The van der Waals surface area contributed by atoms with Crippen LogP contribution in [0.4, 0.5) is 26.5 Å². The van der Waals surface area contributed by atoms with Crippen LogP contribution >= 0.6 is 11.3 Å². The zero-order valence-corrected chi connectivity index (χ0v) is 23.2. The highest BCUT2D eigenvalue weighted by molar-refractivity contribution is 7.15. The molecule has 1 aromatic carbocycles. The lowest BCUT2D eigenvalue weighted by Crippen LogP contribution is -2.31. The molecule has 0 bridgehead atoms. The Bertz CT molecular complexity index is 1470. The van der Waals surface area contributed by atoms with Crippen LogP contribution in [0.25, 0.3) is 10.4 Å². The van der Waals surface area contributed by atoms with Crippen molar-refractivity contribution >= 4 is 34.7 Å². The summed E-state index contributed by atoms with van der Waals surface area (Å²) in [6.07, 6.45) is 4.07. The molecule has 1 aliphatic heterocycles. The molecule has 0 saturated carbocycles. The van der Waals surface area contributed by atoms with E-state index in [2.05, 4.69) is 54.6 Å². The first kappa shape index (κ1) is 26.7. The maximum atomic E-state index is 14.8. The van der Waals surface area contributed by atoms with Crippen molar-refractivity contribution in [3.8, 4) is 10.4 Å². The van der Waals surface area contributed by atoms with E-state index in [0.717, 1.165) is 46.7 Å². The number of nitrogens with zero attached hydrogens (tertiary/aromatic N) is 6. The van der Waals surface area contributed by atoms with Gasteiger partial charge in [-0.3, -0.25) is 5.32 Å². The molecule has 4 heterocycles. The number of anilines is 3. The minimum atomic E-state index is -0.608. The van der Waals surface area contributed by atoms with E-state index >= 15 is 0 Å². The Balaban J connectivity index is 1.24. The third kappa shape index (κ3) is 6.40. The van der Waals surface area contributed by atoms with Gasteiger partial charge in [-0.15, -0.1) is 11.3 Å². The Kier molecular flexibility index (Phi) is 7.84. The van der Waals surface area contributed by atoms with Gasteiger partial charge in [-0.05, 0) is 45.1 Å². The molecule has 0 aliphatic carbocycles. The molecule has 2 N–H and O–H groups in total. The molecule has 39 heavy (non-hydrogen) atoms. The van der Waals surface area contributed by atoms with Crippen molar-refractivity contribution < 1.29 is 13.7 Å². The molecular weight excluding hydrogens is 519 g/mol. The number of nitrogens with one attached hydrogen (secondary N) is 2. The van der Waals surface area contributed by atoms with Gasteiger partial charge >= 0.3 is 6.03 Å². The highest BCUT2D eigenvalue weighted by atomic mass is 32.1. The molecule has 3 aromatic heterocycles. The molecule has 1 unspecified atom stereocenters. The third-order valence-electron chi connectivity index (χ3n) is 6.63. The van der Waals surface area contributed by atoms with E-state index in [0.29, 0.717) is 30.2 Å². The number of hydrogen-bond acceptors (Lipinski definition) is 9. The highest BCUT2D eigenvalue weighted by Crippen LogP contribution is 2.30. The van der Waals surface area contributed by atoms with Gasteiger partial charge in [-0.2, -0.15) is 0 Å². The van der Waals surface area contributed by atoms with Crippen LogP contribution in [0.5, 0.6) is 0 Å². The van der Waals surface area contributed by atoms with Gasteiger partial charge in [-0.1, -0.05) is 18.1 Å². The molecule has 0 spiro atoms. The number of benzene rings is 1. The minimum Gasteiger partial charge on any atom is -0.359 e. The quantitative estimate of drug-likeness (QED) is 0.316. The van der Waals surface area contributed by atoms with Gasteiger partial charge in [0, 0.05) is 50.3 Å². The molecule has 1 atom stereocenters. The van der Waals surface area contributed by atoms with E-state index in [-0.39, 0.29) is 11.5 Å². The van der Waals surface area contributed by atoms with Gasteiger partial charge in [0.15, 0.2) is 5.82 Å². The predicted octanol–water partition coefficient (Wildman–Crippen LogP) is 4.97. The molecule has 12 heteroatoms. The fourth-order valence-electron chi connectivity index (χ4n) is 4.49. The number of halogens is 1. The molecule has 10 nitrogen and oxygen atoms in total. The summed E-state index contributed by atoms with van der Waals surface area (Å²) >= 11 is 1.49. The number of urea groups is 1. The Morgan fingerprint density at radius 2 is 2.08 bits per heavy atom. The van der Waals surface area contributed by atoms with Gasteiger partial charge in [0.25, 0.3) is 0 Å². The van der Waals surface area contributed by atoms with Crippen LogP contribution in [-0.4, -0.2) is 64.3 Å². The lowest BCUT2D eigenvalue weighted by Gasteiger charge is -2.21. The normalized spacial score (nSPS) is 15.2. The van der Waals surface area contributed by atoms with Gasteiger partial charge in [-0.25, -0.2) is 24.1 Å². The van der Waals surface area contributed by atoms with Crippen LogP contribution in [0, 0.1) is 12.7 Å². The molecule has 2 amide bonds. The molecule has 4 aromatic rings. The van der Waals surface area contributed by atoms with Crippen molar-refractivity contribution in [2.24, 2.45) is 0 Å². The van der Waals surface area contributed by atoms with E-state index in [1.54, 1.807) is 18.3 Å². The number of carbonyl (C=O) groups is 1. The fourth-order valence-corrected chi connectivity index (χ4v) is 5.42. The number of amides is 2. The first-order chi connectivity index (χ1) is 18.8. The lowest BCUT2D eigenvalue weighted by molar-refractivity contribution is 0.261. The largest absolute Gasteiger partial charge is 0.359 e. The fraction of sp³-hybridized carbons (Fsp3) is 0.370. The maximum absolute atomic E-state index is 14.8. The minimum absolute atomic E-state index is 0.0580. The number of likely N-dealkylation sites (N-methyl/N-ethyl adjacent to an activating group) is 1. The standard InChI is InChI=1S/C27H31FN8O2S/c1-5-20-13-24(34-38-20)33-27(37)32-22-7-6-17(10-21(22)28)23-14-29-26(39-23)12-18-11-25(31-16(2)30-18)36-9-8-19(15-36)35(3)4/h6-7,10-11,13-14,19H,5,8-9,12,15H2,1-4H3,(H2,32,33,34,37). The van der Waals surface area contributed by atoms with E-state index in [4.69, 9.17) is 4.52 Å². The van der Waals surface area contributed by atoms with E-state index in [1.165, 1.54) is 23.5 Å². The van der Waals surface area contributed by atoms with Gasteiger partial charge in [0.05, 0.1) is 21.3 Å². The summed E-state index contributed by atoms with van der Waals surface area (Å²) in [6, 6.07) is 8.24. The number of thiazole rings is 1. The first-order valence-corrected chi connectivity index (χ1v) is 13.6. The van der Waals surface area contributed by atoms with Crippen molar-refractivity contribution in [2.45, 2.75) is 39.2 Å². The van der Waals surface area contributed by atoms with Crippen molar-refractivity contribution in [3.63, 3.8) is 0 Å². The smallest absolute Gasteiger partial charge is 0.325 e. The van der Waals surface area contributed by atoms with E-state index < -0.39 is 11.8 Å². The van der Waals surface area contributed by atoms with Crippen LogP contribution in [0.1, 0.15) is 35.6 Å². The molecular formula is C27H31FN8O2S. The topological polar surface area (TPSA) is 112 Å². The Hall–Kier alpha value is -3.90. The van der Waals surface area contributed by atoms with Crippen molar-refractivity contribution in [1.29, 1.82) is 0 Å². The summed E-state index contributed by atoms with van der Waals surface area (Å²) in [7, 11) is 4.22. The van der Waals surface area contributed by atoms with Crippen LogP contribution in [0.15, 0.2) is 41.1 Å². The van der Waals surface area contributed by atoms with Crippen LogP contribution < -0.4 is 15.5 Å². The van der Waals surface area contributed by atoms with Gasteiger partial charge < -0.3 is 19.6 Å². The van der Waals surface area contributed by atoms with Crippen LogP contribution in [0.3, 0.4) is 0 Å². The number of hydrogen-bond donors (Lipinski definition) is 2. The van der Waals surface area contributed by atoms with Crippen molar-refractivity contribution in [2.75, 3.05) is 42.7 Å². The summed E-state index contributed by atoms with van der Waals surface area (Å²) in [5.41, 5.74) is 1.64. The summed E-state index contributed by atoms with van der Waals surface area (Å²) in [6.45, 7) is 5.74. The summed E-state index contributed by atoms with van der Waals surface area (Å²) in [4.78, 5) is 31.5. The van der Waals surface area contributed by atoms with Crippen molar-refractivity contribution in [1.82, 2.24) is 25.0 Å². The highest BCUT2D eigenvalue weighted by Gasteiger charge is 2.25. The second-order valence-corrected chi connectivity index (χ2v) is 10.8. The SMILES string of the molecule is CCc1cc(NC(=O)Nc2ccc(-c3cnc(Cc4cc(N5CCC(N(C)C)C5)nc(C)n4)s3)cc2F)no1. The number of carbonyl (C=O) groups excluding carboxylic acids is 1. The van der Waals surface area contributed by atoms with Crippen LogP contribution in [0.2, 0.25) is 0 Å². The van der Waals surface area contributed by atoms with Crippen molar-refractivity contribution in [3.05, 3.63) is 64.6 Å². The maximum Gasteiger partial charge on any atom is 0.325 e.